The summed E-state index contributed by atoms with van der Waals surface area (Å²) in [5.41, 5.74) is 2.34. The Labute approximate surface area is 183 Å². The van der Waals surface area contributed by atoms with Crippen molar-refractivity contribution >= 4 is 37.5 Å². The van der Waals surface area contributed by atoms with E-state index in [1.807, 2.05) is 6.92 Å². The second kappa shape index (κ2) is 8.87. The molecule has 0 aliphatic carbocycles. The second-order valence-corrected chi connectivity index (χ2v) is 10.0. The standard InChI is InChI=1S/C20H22N4O5S2/c1-2-15-10-17-19(30-15)21-12-24(20(17)26)23-18(25)13-5-7-16(8-6-13)31(27,28)22-11-14-4-3-9-29-14/h5-8,10,12,14,22H,2-4,9,11H2,1H3,(H,23,25). The molecule has 1 amide bonds. The van der Waals surface area contributed by atoms with Crippen molar-refractivity contribution < 1.29 is 17.9 Å². The number of hydrogen-bond donors (Lipinski definition) is 2. The van der Waals surface area contributed by atoms with Crippen molar-refractivity contribution in [2.24, 2.45) is 0 Å². The molecule has 11 heteroatoms. The molecule has 164 valence electrons. The Kier molecular flexibility index (Phi) is 6.19. The van der Waals surface area contributed by atoms with Gasteiger partial charge in [-0.15, -0.1) is 11.3 Å². The lowest BCUT2D eigenvalue weighted by Gasteiger charge is -2.12. The van der Waals surface area contributed by atoms with Gasteiger partial charge in [-0.3, -0.25) is 15.0 Å². The summed E-state index contributed by atoms with van der Waals surface area (Å²) in [6.07, 6.45) is 3.71. The average molecular weight is 463 g/mol. The van der Waals surface area contributed by atoms with Crippen LogP contribution in [0.1, 0.15) is 35.0 Å². The Morgan fingerprint density at radius 2 is 2.10 bits per heavy atom. The fourth-order valence-corrected chi connectivity index (χ4v) is 5.27. The van der Waals surface area contributed by atoms with Gasteiger partial charge in [-0.1, -0.05) is 6.92 Å². The Bertz CT molecular complexity index is 1260. The van der Waals surface area contributed by atoms with Crippen molar-refractivity contribution in [1.82, 2.24) is 14.4 Å². The number of fused-ring (bicyclic) bond motifs is 1. The van der Waals surface area contributed by atoms with Crippen LogP contribution in [-0.4, -0.2) is 43.2 Å². The van der Waals surface area contributed by atoms with E-state index in [4.69, 9.17) is 4.74 Å². The number of nitrogens with one attached hydrogen (secondary N) is 2. The summed E-state index contributed by atoms with van der Waals surface area (Å²) in [6.45, 7) is 2.85. The van der Waals surface area contributed by atoms with Crippen LogP contribution in [0.5, 0.6) is 0 Å². The Hall–Kier alpha value is -2.60. The molecule has 1 fully saturated rings. The zero-order valence-electron chi connectivity index (χ0n) is 16.8. The number of ether oxygens (including phenoxy) is 1. The first-order valence-electron chi connectivity index (χ1n) is 9.90. The molecule has 1 aromatic carbocycles. The van der Waals surface area contributed by atoms with Crippen molar-refractivity contribution in [3.8, 4) is 0 Å². The smallest absolute Gasteiger partial charge is 0.280 e. The summed E-state index contributed by atoms with van der Waals surface area (Å²) >= 11 is 1.44. The predicted molar refractivity (Wildman–Crippen MR) is 118 cm³/mol. The molecule has 1 saturated heterocycles. The normalized spacial score (nSPS) is 16.6. The van der Waals surface area contributed by atoms with Crippen LogP contribution in [-0.2, 0) is 21.2 Å². The molecule has 1 unspecified atom stereocenters. The van der Waals surface area contributed by atoms with E-state index in [2.05, 4.69) is 15.1 Å². The van der Waals surface area contributed by atoms with Gasteiger partial charge in [-0.2, -0.15) is 0 Å². The zero-order chi connectivity index (χ0) is 22.0. The molecular weight excluding hydrogens is 440 g/mol. The highest BCUT2D eigenvalue weighted by molar-refractivity contribution is 7.89. The average Bonchev–Trinajstić information content (AvgIpc) is 3.44. The number of carbonyl (C=O) groups is 1. The van der Waals surface area contributed by atoms with Crippen molar-refractivity contribution in [3.05, 3.63) is 57.5 Å². The number of benzene rings is 1. The van der Waals surface area contributed by atoms with Gasteiger partial charge in [0.1, 0.15) is 11.2 Å². The maximum Gasteiger partial charge on any atom is 0.280 e. The number of aryl methyl sites for hydroxylation is 1. The SMILES string of the molecule is CCc1cc2c(=O)n(NC(=O)c3ccc(S(=O)(=O)NCC4CCCO4)cc3)cnc2s1. The molecule has 0 radical (unpaired) electrons. The number of aromatic nitrogens is 2. The van der Waals surface area contributed by atoms with E-state index in [1.165, 1.54) is 41.9 Å². The van der Waals surface area contributed by atoms with Crippen LogP contribution in [0, 0.1) is 0 Å². The number of carbonyl (C=O) groups excluding carboxylic acids is 1. The molecule has 0 bridgehead atoms. The monoisotopic (exact) mass is 462 g/mol. The minimum absolute atomic E-state index is 0.0488. The van der Waals surface area contributed by atoms with E-state index in [0.29, 0.717) is 16.8 Å². The minimum Gasteiger partial charge on any atom is -0.377 e. The van der Waals surface area contributed by atoms with E-state index in [0.717, 1.165) is 28.8 Å². The molecule has 0 saturated carbocycles. The number of nitrogens with zero attached hydrogens (tertiary/aromatic N) is 2. The van der Waals surface area contributed by atoms with Gasteiger partial charge < -0.3 is 4.74 Å². The third-order valence-corrected chi connectivity index (χ3v) is 7.65. The van der Waals surface area contributed by atoms with E-state index < -0.39 is 15.9 Å². The van der Waals surface area contributed by atoms with E-state index in [-0.39, 0.29) is 28.7 Å². The van der Waals surface area contributed by atoms with Crippen molar-refractivity contribution in [2.75, 3.05) is 18.6 Å². The maximum atomic E-state index is 12.6. The molecule has 9 nitrogen and oxygen atoms in total. The van der Waals surface area contributed by atoms with Gasteiger partial charge in [-0.05, 0) is 49.6 Å². The van der Waals surface area contributed by atoms with Gasteiger partial charge >= 0.3 is 0 Å². The number of rotatable bonds is 7. The van der Waals surface area contributed by atoms with E-state index >= 15 is 0 Å². The van der Waals surface area contributed by atoms with E-state index in [9.17, 15) is 18.0 Å². The molecule has 3 heterocycles. The molecule has 1 aliphatic heterocycles. The summed E-state index contributed by atoms with van der Waals surface area (Å²) in [5, 5.41) is 0.448. The molecule has 2 N–H and O–H groups in total. The fourth-order valence-electron chi connectivity index (χ4n) is 3.28. The number of amides is 1. The topological polar surface area (TPSA) is 119 Å². The van der Waals surface area contributed by atoms with Crippen LogP contribution < -0.4 is 15.7 Å². The Balaban J connectivity index is 1.46. The first-order chi connectivity index (χ1) is 14.9. The zero-order valence-corrected chi connectivity index (χ0v) is 18.5. The van der Waals surface area contributed by atoms with Crippen LogP contribution in [0.4, 0.5) is 0 Å². The van der Waals surface area contributed by atoms with Gasteiger partial charge in [-0.25, -0.2) is 22.8 Å². The lowest BCUT2D eigenvalue weighted by molar-refractivity contribution is 0.101. The molecule has 1 atom stereocenters. The summed E-state index contributed by atoms with van der Waals surface area (Å²) < 4.78 is 33.9. The van der Waals surface area contributed by atoms with Crippen molar-refractivity contribution in [3.63, 3.8) is 0 Å². The van der Waals surface area contributed by atoms with Crippen LogP contribution in [0.2, 0.25) is 0 Å². The highest BCUT2D eigenvalue weighted by atomic mass is 32.2. The molecule has 0 spiro atoms. The summed E-state index contributed by atoms with van der Waals surface area (Å²) in [6, 6.07) is 7.27. The van der Waals surface area contributed by atoms with Gasteiger partial charge in [0.15, 0.2) is 0 Å². The number of sulfonamides is 1. The van der Waals surface area contributed by atoms with Crippen molar-refractivity contribution in [2.45, 2.75) is 37.2 Å². The minimum atomic E-state index is -3.71. The summed E-state index contributed by atoms with van der Waals surface area (Å²) in [7, 11) is -3.71. The Morgan fingerprint density at radius 3 is 2.77 bits per heavy atom. The molecular formula is C20H22N4O5S2. The van der Waals surface area contributed by atoms with Gasteiger partial charge in [0.05, 0.1) is 16.4 Å². The van der Waals surface area contributed by atoms with Gasteiger partial charge in [0, 0.05) is 23.6 Å². The second-order valence-electron chi connectivity index (χ2n) is 7.16. The third kappa shape index (κ3) is 4.69. The number of hydrogen-bond acceptors (Lipinski definition) is 7. The Morgan fingerprint density at radius 1 is 1.32 bits per heavy atom. The molecule has 31 heavy (non-hydrogen) atoms. The lowest BCUT2D eigenvalue weighted by Crippen LogP contribution is -2.33. The van der Waals surface area contributed by atoms with Crippen LogP contribution in [0.25, 0.3) is 10.2 Å². The molecule has 2 aromatic heterocycles. The van der Waals surface area contributed by atoms with E-state index in [1.54, 1.807) is 6.07 Å². The molecule has 1 aliphatic rings. The lowest BCUT2D eigenvalue weighted by atomic mass is 10.2. The highest BCUT2D eigenvalue weighted by Crippen LogP contribution is 2.21. The van der Waals surface area contributed by atoms with Crippen LogP contribution in [0.15, 0.2) is 46.3 Å². The van der Waals surface area contributed by atoms with Gasteiger partial charge in [0.25, 0.3) is 11.5 Å². The molecule has 4 rings (SSSR count). The first kappa shape index (κ1) is 21.6. The fraction of sp³-hybridized carbons (Fsp3) is 0.350. The quantitative estimate of drug-likeness (QED) is 0.553. The third-order valence-electron chi connectivity index (χ3n) is 5.03. The first-order valence-corrected chi connectivity index (χ1v) is 12.2. The highest BCUT2D eigenvalue weighted by Gasteiger charge is 2.20. The molecule has 3 aromatic rings. The summed E-state index contributed by atoms with van der Waals surface area (Å²) in [4.78, 5) is 31.1. The van der Waals surface area contributed by atoms with Crippen LogP contribution in [0.3, 0.4) is 0 Å². The van der Waals surface area contributed by atoms with Crippen molar-refractivity contribution in [1.29, 1.82) is 0 Å². The summed E-state index contributed by atoms with van der Waals surface area (Å²) in [5.74, 6) is -0.551. The largest absolute Gasteiger partial charge is 0.377 e. The van der Waals surface area contributed by atoms with Gasteiger partial charge in [0.2, 0.25) is 10.0 Å². The maximum absolute atomic E-state index is 12.6. The number of thiophene rings is 1. The predicted octanol–water partition coefficient (Wildman–Crippen LogP) is 1.86. The van der Waals surface area contributed by atoms with Crippen LogP contribution >= 0.6 is 11.3 Å².